The third kappa shape index (κ3) is 4.02. The fourth-order valence-electron chi connectivity index (χ4n) is 2.79. The first kappa shape index (κ1) is 17.3. The van der Waals surface area contributed by atoms with Gasteiger partial charge in [-0.3, -0.25) is 0 Å². The van der Waals surface area contributed by atoms with Gasteiger partial charge in [-0.1, -0.05) is 6.07 Å². The van der Waals surface area contributed by atoms with E-state index in [4.69, 9.17) is 0 Å². The molecule has 0 aromatic heterocycles. The molecule has 1 aliphatic rings. The Hall–Kier alpha value is -1.05. The second-order valence-corrected chi connectivity index (χ2v) is 8.07. The highest BCUT2D eigenvalue weighted by Gasteiger charge is 2.30. The van der Waals surface area contributed by atoms with Crippen molar-refractivity contribution < 1.29 is 17.2 Å². The van der Waals surface area contributed by atoms with Crippen LogP contribution in [0.1, 0.15) is 24.8 Å². The van der Waals surface area contributed by atoms with Gasteiger partial charge in [-0.25, -0.2) is 8.78 Å². The maximum Gasteiger partial charge on any atom is 0.281 e. The Kier molecular flexibility index (Phi) is 5.52. The first-order chi connectivity index (χ1) is 10.3. The summed E-state index contributed by atoms with van der Waals surface area (Å²) in [6.45, 7) is 0.991. The van der Waals surface area contributed by atoms with E-state index in [0.717, 1.165) is 18.9 Å². The summed E-state index contributed by atoms with van der Waals surface area (Å²) in [7, 11) is -0.345. The van der Waals surface area contributed by atoms with Crippen LogP contribution >= 0.6 is 0 Å². The van der Waals surface area contributed by atoms with Gasteiger partial charge in [0, 0.05) is 33.3 Å². The maximum absolute atomic E-state index is 13.6. The van der Waals surface area contributed by atoms with E-state index in [1.54, 1.807) is 0 Å². The van der Waals surface area contributed by atoms with E-state index >= 15 is 0 Å². The summed E-state index contributed by atoms with van der Waals surface area (Å²) in [5.74, 6) is -0.913. The molecule has 0 aliphatic carbocycles. The molecule has 2 rings (SSSR count). The van der Waals surface area contributed by atoms with Crippen molar-refractivity contribution in [3.63, 3.8) is 0 Å². The van der Waals surface area contributed by atoms with Crippen molar-refractivity contribution in [3.05, 3.63) is 35.4 Å². The highest BCUT2D eigenvalue weighted by molar-refractivity contribution is 7.86. The molecule has 1 aliphatic heterocycles. The third-order valence-electron chi connectivity index (χ3n) is 4.11. The number of nitrogens with zero attached hydrogens (tertiary/aromatic N) is 2. The van der Waals surface area contributed by atoms with Crippen LogP contribution in [0.5, 0.6) is 0 Å². The Balaban J connectivity index is 1.96. The van der Waals surface area contributed by atoms with Gasteiger partial charge in [0.05, 0.1) is 0 Å². The largest absolute Gasteiger partial charge is 0.281 e. The van der Waals surface area contributed by atoms with Crippen LogP contribution < -0.4 is 0 Å². The van der Waals surface area contributed by atoms with E-state index < -0.39 is 21.8 Å². The summed E-state index contributed by atoms with van der Waals surface area (Å²) >= 11 is 0. The lowest BCUT2D eigenvalue weighted by atomic mass is 9.92. The van der Waals surface area contributed by atoms with Crippen molar-refractivity contribution in [2.24, 2.45) is 5.92 Å². The summed E-state index contributed by atoms with van der Waals surface area (Å²) < 4.78 is 53.5. The van der Waals surface area contributed by atoms with Gasteiger partial charge in [0.2, 0.25) is 0 Å². The van der Waals surface area contributed by atoms with Crippen LogP contribution in [0, 0.1) is 17.6 Å². The van der Waals surface area contributed by atoms with Crippen molar-refractivity contribution in [3.8, 4) is 0 Å². The number of halogens is 2. The monoisotopic (exact) mass is 332 g/mol. The van der Waals surface area contributed by atoms with Crippen LogP contribution in [-0.2, 0) is 16.6 Å². The zero-order valence-corrected chi connectivity index (χ0v) is 13.7. The molecule has 1 saturated heterocycles. The molecule has 4 nitrogen and oxygen atoms in total. The number of hydrogen-bond donors (Lipinski definition) is 0. The number of aryl methyl sites for hydroxylation is 1. The second-order valence-electron chi connectivity index (χ2n) is 5.93. The summed E-state index contributed by atoms with van der Waals surface area (Å²) in [6.07, 6.45) is 2.93. The molecular weight excluding hydrogens is 310 g/mol. The Bertz CT molecular complexity index is 620. The Morgan fingerprint density at radius 1 is 1.32 bits per heavy atom. The van der Waals surface area contributed by atoms with E-state index in [9.17, 15) is 17.2 Å². The van der Waals surface area contributed by atoms with Gasteiger partial charge in [-0.2, -0.15) is 17.0 Å². The molecule has 22 heavy (non-hydrogen) atoms. The minimum Gasteiger partial charge on any atom is -0.207 e. The van der Waals surface area contributed by atoms with Crippen molar-refractivity contribution in [1.82, 2.24) is 8.61 Å². The van der Waals surface area contributed by atoms with E-state index in [2.05, 4.69) is 0 Å². The molecule has 1 fully saturated rings. The fraction of sp³-hybridized carbons (Fsp3) is 0.600. The number of benzene rings is 1. The predicted molar refractivity (Wildman–Crippen MR) is 81.6 cm³/mol. The molecule has 0 saturated carbocycles. The van der Waals surface area contributed by atoms with E-state index in [1.807, 2.05) is 0 Å². The van der Waals surface area contributed by atoms with Crippen LogP contribution in [-0.4, -0.2) is 44.2 Å². The molecule has 0 bridgehead atoms. The van der Waals surface area contributed by atoms with Gasteiger partial charge in [0.15, 0.2) is 0 Å². The SMILES string of the molecule is CN(C)S(=O)(=O)N1CCC[C@H](CCc2ccc(F)cc2F)C1. The number of hydrogen-bond acceptors (Lipinski definition) is 2. The lowest BCUT2D eigenvalue weighted by Crippen LogP contribution is -2.45. The van der Waals surface area contributed by atoms with Gasteiger partial charge in [0.25, 0.3) is 10.2 Å². The standard InChI is InChI=1S/C15H22F2N2O2S/c1-18(2)22(20,21)19-9-3-4-12(11-19)5-6-13-7-8-14(16)10-15(13)17/h7-8,10,12H,3-6,9,11H2,1-2H3/t12-/m1/s1. The van der Waals surface area contributed by atoms with Crippen molar-refractivity contribution in [1.29, 1.82) is 0 Å². The first-order valence-corrected chi connectivity index (χ1v) is 8.82. The molecule has 1 atom stereocenters. The van der Waals surface area contributed by atoms with Gasteiger partial charge >= 0.3 is 0 Å². The lowest BCUT2D eigenvalue weighted by molar-refractivity contribution is 0.245. The van der Waals surface area contributed by atoms with E-state index in [-0.39, 0.29) is 5.92 Å². The number of rotatable bonds is 5. The summed E-state index contributed by atoms with van der Waals surface area (Å²) in [5.41, 5.74) is 0.481. The van der Waals surface area contributed by atoms with Crippen molar-refractivity contribution in [2.75, 3.05) is 27.2 Å². The fourth-order valence-corrected chi connectivity index (χ4v) is 4.01. The zero-order valence-electron chi connectivity index (χ0n) is 12.9. The number of piperidine rings is 1. The highest BCUT2D eigenvalue weighted by atomic mass is 32.2. The van der Waals surface area contributed by atoms with Crippen molar-refractivity contribution >= 4 is 10.2 Å². The normalized spacial score (nSPS) is 20.5. The Labute approximate surface area is 130 Å². The molecule has 1 heterocycles. The van der Waals surface area contributed by atoms with Gasteiger partial charge in [-0.15, -0.1) is 0 Å². The highest BCUT2D eigenvalue weighted by Crippen LogP contribution is 2.24. The van der Waals surface area contributed by atoms with Crippen LogP contribution in [0.25, 0.3) is 0 Å². The topological polar surface area (TPSA) is 40.6 Å². The minimum absolute atomic E-state index is 0.202. The van der Waals surface area contributed by atoms with E-state index in [0.29, 0.717) is 31.5 Å². The van der Waals surface area contributed by atoms with Crippen LogP contribution in [0.15, 0.2) is 18.2 Å². The smallest absolute Gasteiger partial charge is 0.207 e. The zero-order chi connectivity index (χ0) is 16.3. The molecule has 1 aromatic carbocycles. The first-order valence-electron chi connectivity index (χ1n) is 7.42. The van der Waals surface area contributed by atoms with Gasteiger partial charge in [0.1, 0.15) is 11.6 Å². The Morgan fingerprint density at radius 3 is 2.68 bits per heavy atom. The molecule has 0 radical (unpaired) electrons. The summed E-state index contributed by atoms with van der Waals surface area (Å²) in [4.78, 5) is 0. The quantitative estimate of drug-likeness (QED) is 0.831. The van der Waals surface area contributed by atoms with Crippen LogP contribution in [0.3, 0.4) is 0 Å². The van der Waals surface area contributed by atoms with Crippen LogP contribution in [0.4, 0.5) is 8.78 Å². The minimum atomic E-state index is -3.39. The third-order valence-corrected chi connectivity index (χ3v) is 6.01. The van der Waals surface area contributed by atoms with Crippen molar-refractivity contribution in [2.45, 2.75) is 25.7 Å². The molecular formula is C15H22F2N2O2S. The Morgan fingerprint density at radius 2 is 2.05 bits per heavy atom. The molecule has 124 valence electrons. The predicted octanol–water partition coefficient (Wildman–Crippen LogP) is 2.42. The molecule has 1 aromatic rings. The van der Waals surface area contributed by atoms with Gasteiger partial charge in [-0.05, 0) is 43.2 Å². The van der Waals surface area contributed by atoms with E-state index in [1.165, 1.54) is 34.8 Å². The lowest BCUT2D eigenvalue weighted by Gasteiger charge is -2.33. The molecule has 0 amide bonds. The van der Waals surface area contributed by atoms with Crippen LogP contribution in [0.2, 0.25) is 0 Å². The maximum atomic E-state index is 13.6. The molecule has 7 heteroatoms. The average molecular weight is 332 g/mol. The average Bonchev–Trinajstić information content (AvgIpc) is 2.46. The van der Waals surface area contributed by atoms with Gasteiger partial charge < -0.3 is 0 Å². The molecule has 0 spiro atoms. The summed E-state index contributed by atoms with van der Waals surface area (Å²) in [6, 6.07) is 3.60. The summed E-state index contributed by atoms with van der Waals surface area (Å²) in [5, 5.41) is 0. The second kappa shape index (κ2) is 7.02. The molecule has 0 unspecified atom stereocenters. The molecule has 0 N–H and O–H groups in total.